The lowest BCUT2D eigenvalue weighted by Gasteiger charge is -2.11. The van der Waals surface area contributed by atoms with Crippen LogP contribution in [0.2, 0.25) is 0 Å². The summed E-state index contributed by atoms with van der Waals surface area (Å²) in [5.41, 5.74) is 2.45. The quantitative estimate of drug-likeness (QED) is 0.930. The van der Waals surface area contributed by atoms with Crippen molar-refractivity contribution in [3.05, 3.63) is 48.0 Å². The van der Waals surface area contributed by atoms with Gasteiger partial charge in [0.1, 0.15) is 11.5 Å². The molecule has 0 saturated heterocycles. The summed E-state index contributed by atoms with van der Waals surface area (Å²) in [6.45, 7) is 0. The fraction of sp³-hybridized carbons (Fsp3) is 0.188. The van der Waals surface area contributed by atoms with Gasteiger partial charge in [-0.2, -0.15) is 0 Å². The summed E-state index contributed by atoms with van der Waals surface area (Å²) >= 11 is 0. The Hall–Kier alpha value is -2.49. The van der Waals surface area contributed by atoms with Gasteiger partial charge in [0.05, 0.1) is 14.2 Å². The maximum atomic E-state index is 11.7. The molecule has 20 heavy (non-hydrogen) atoms. The molecule has 0 fully saturated rings. The van der Waals surface area contributed by atoms with Crippen molar-refractivity contribution >= 4 is 5.91 Å². The third-order valence-corrected chi connectivity index (χ3v) is 3.07. The fourth-order valence-electron chi connectivity index (χ4n) is 2.01. The molecule has 2 rings (SSSR count). The van der Waals surface area contributed by atoms with Crippen molar-refractivity contribution in [2.75, 3.05) is 21.3 Å². The first-order chi connectivity index (χ1) is 9.69. The molecule has 0 radical (unpaired) electrons. The van der Waals surface area contributed by atoms with Gasteiger partial charge in [-0.1, -0.05) is 12.1 Å². The minimum atomic E-state index is -0.112. The number of amides is 1. The average Bonchev–Trinajstić information content (AvgIpc) is 2.53. The van der Waals surface area contributed by atoms with Crippen LogP contribution in [0.1, 0.15) is 10.4 Å². The van der Waals surface area contributed by atoms with E-state index in [-0.39, 0.29) is 5.91 Å². The van der Waals surface area contributed by atoms with E-state index in [0.29, 0.717) is 11.3 Å². The standard InChI is InChI=1S/C16H17NO3/c1-17-16(18)12-6-4-5-11(9-12)14-8-7-13(19-2)10-15(14)20-3/h4-10H,1-3H3,(H,17,18). The van der Waals surface area contributed by atoms with Gasteiger partial charge in [0.25, 0.3) is 5.91 Å². The zero-order valence-corrected chi connectivity index (χ0v) is 11.8. The van der Waals surface area contributed by atoms with Crippen molar-refractivity contribution in [3.63, 3.8) is 0 Å². The van der Waals surface area contributed by atoms with Crippen LogP contribution in [-0.4, -0.2) is 27.2 Å². The van der Waals surface area contributed by atoms with E-state index >= 15 is 0 Å². The fourth-order valence-corrected chi connectivity index (χ4v) is 2.01. The number of ether oxygens (including phenoxy) is 2. The summed E-state index contributed by atoms with van der Waals surface area (Å²) in [5.74, 6) is 1.32. The number of nitrogens with one attached hydrogen (secondary N) is 1. The Morgan fingerprint density at radius 3 is 2.50 bits per heavy atom. The summed E-state index contributed by atoms with van der Waals surface area (Å²) in [5, 5.41) is 2.62. The largest absolute Gasteiger partial charge is 0.497 e. The van der Waals surface area contributed by atoms with E-state index < -0.39 is 0 Å². The van der Waals surface area contributed by atoms with E-state index in [1.54, 1.807) is 27.3 Å². The molecular weight excluding hydrogens is 254 g/mol. The van der Waals surface area contributed by atoms with E-state index in [1.807, 2.05) is 36.4 Å². The first-order valence-electron chi connectivity index (χ1n) is 6.24. The van der Waals surface area contributed by atoms with Crippen LogP contribution < -0.4 is 14.8 Å². The van der Waals surface area contributed by atoms with E-state index in [0.717, 1.165) is 16.9 Å². The second kappa shape index (κ2) is 6.10. The number of benzene rings is 2. The minimum absolute atomic E-state index is 0.112. The van der Waals surface area contributed by atoms with Crippen LogP contribution in [0.5, 0.6) is 11.5 Å². The molecule has 0 atom stereocenters. The van der Waals surface area contributed by atoms with Crippen LogP contribution in [0.25, 0.3) is 11.1 Å². The number of carbonyl (C=O) groups is 1. The Balaban J connectivity index is 2.48. The predicted molar refractivity (Wildman–Crippen MR) is 78.4 cm³/mol. The molecule has 2 aromatic rings. The normalized spacial score (nSPS) is 9.95. The molecule has 0 aromatic heterocycles. The molecule has 0 saturated carbocycles. The second-order valence-corrected chi connectivity index (χ2v) is 4.23. The Morgan fingerprint density at radius 1 is 1.05 bits per heavy atom. The zero-order chi connectivity index (χ0) is 14.5. The van der Waals surface area contributed by atoms with Crippen LogP contribution in [0, 0.1) is 0 Å². The van der Waals surface area contributed by atoms with Gasteiger partial charge >= 0.3 is 0 Å². The summed E-state index contributed by atoms with van der Waals surface area (Å²) in [6.07, 6.45) is 0. The van der Waals surface area contributed by atoms with E-state index in [4.69, 9.17) is 9.47 Å². The lowest BCUT2D eigenvalue weighted by atomic mass is 10.0. The van der Waals surface area contributed by atoms with Gasteiger partial charge in [-0.05, 0) is 29.8 Å². The van der Waals surface area contributed by atoms with Gasteiger partial charge in [0.2, 0.25) is 0 Å². The van der Waals surface area contributed by atoms with Crippen LogP contribution in [0.4, 0.5) is 0 Å². The Kier molecular flexibility index (Phi) is 4.25. The SMILES string of the molecule is CNC(=O)c1cccc(-c2ccc(OC)cc2OC)c1. The van der Waals surface area contributed by atoms with Crippen LogP contribution in [0.3, 0.4) is 0 Å². The number of methoxy groups -OCH3 is 2. The third kappa shape index (κ3) is 2.74. The van der Waals surface area contributed by atoms with Gasteiger partial charge < -0.3 is 14.8 Å². The summed E-state index contributed by atoms with van der Waals surface area (Å²) < 4.78 is 10.6. The van der Waals surface area contributed by atoms with E-state index in [1.165, 1.54) is 0 Å². The zero-order valence-electron chi connectivity index (χ0n) is 11.8. The van der Waals surface area contributed by atoms with Crippen molar-refractivity contribution in [2.45, 2.75) is 0 Å². The molecule has 0 unspecified atom stereocenters. The number of hydrogen-bond donors (Lipinski definition) is 1. The molecule has 0 spiro atoms. The maximum Gasteiger partial charge on any atom is 0.251 e. The molecule has 0 aliphatic rings. The van der Waals surface area contributed by atoms with Crippen LogP contribution in [0.15, 0.2) is 42.5 Å². The molecule has 1 N–H and O–H groups in total. The first-order valence-corrected chi connectivity index (χ1v) is 6.24. The molecule has 0 aliphatic heterocycles. The van der Waals surface area contributed by atoms with E-state index in [2.05, 4.69) is 5.32 Å². The van der Waals surface area contributed by atoms with Crippen molar-refractivity contribution in [1.29, 1.82) is 0 Å². The highest BCUT2D eigenvalue weighted by Crippen LogP contribution is 2.33. The van der Waals surface area contributed by atoms with Gasteiger partial charge in [-0.25, -0.2) is 0 Å². The monoisotopic (exact) mass is 271 g/mol. The van der Waals surface area contributed by atoms with Gasteiger partial charge in [0, 0.05) is 24.2 Å². The molecule has 2 aromatic carbocycles. The summed E-state index contributed by atoms with van der Waals surface area (Å²) in [7, 11) is 4.84. The Bertz CT molecular complexity index is 623. The lowest BCUT2D eigenvalue weighted by Crippen LogP contribution is -2.17. The van der Waals surface area contributed by atoms with Crippen molar-refractivity contribution in [3.8, 4) is 22.6 Å². The topological polar surface area (TPSA) is 47.6 Å². The number of hydrogen-bond acceptors (Lipinski definition) is 3. The van der Waals surface area contributed by atoms with Crippen LogP contribution >= 0.6 is 0 Å². The van der Waals surface area contributed by atoms with E-state index in [9.17, 15) is 4.79 Å². The molecule has 104 valence electrons. The molecule has 0 bridgehead atoms. The highest BCUT2D eigenvalue weighted by molar-refractivity contribution is 5.95. The third-order valence-electron chi connectivity index (χ3n) is 3.07. The molecular formula is C16H17NO3. The molecule has 0 heterocycles. The van der Waals surface area contributed by atoms with Gasteiger partial charge in [-0.15, -0.1) is 0 Å². The predicted octanol–water partition coefficient (Wildman–Crippen LogP) is 2.73. The average molecular weight is 271 g/mol. The number of rotatable bonds is 4. The van der Waals surface area contributed by atoms with Gasteiger partial charge in [0.15, 0.2) is 0 Å². The molecule has 0 aliphatic carbocycles. The maximum absolute atomic E-state index is 11.7. The Labute approximate surface area is 118 Å². The lowest BCUT2D eigenvalue weighted by molar-refractivity contribution is 0.0963. The highest BCUT2D eigenvalue weighted by atomic mass is 16.5. The van der Waals surface area contributed by atoms with Crippen molar-refractivity contribution < 1.29 is 14.3 Å². The second-order valence-electron chi connectivity index (χ2n) is 4.23. The smallest absolute Gasteiger partial charge is 0.251 e. The van der Waals surface area contributed by atoms with Crippen molar-refractivity contribution in [1.82, 2.24) is 5.32 Å². The minimum Gasteiger partial charge on any atom is -0.497 e. The Morgan fingerprint density at radius 2 is 1.85 bits per heavy atom. The summed E-state index contributed by atoms with van der Waals surface area (Å²) in [4.78, 5) is 11.7. The van der Waals surface area contributed by atoms with Crippen LogP contribution in [-0.2, 0) is 0 Å². The summed E-state index contributed by atoms with van der Waals surface area (Å²) in [6, 6.07) is 13.0. The first kappa shape index (κ1) is 13.9. The molecule has 4 heteroatoms. The molecule has 1 amide bonds. The molecule has 4 nitrogen and oxygen atoms in total. The van der Waals surface area contributed by atoms with Crippen molar-refractivity contribution in [2.24, 2.45) is 0 Å². The van der Waals surface area contributed by atoms with Gasteiger partial charge in [-0.3, -0.25) is 4.79 Å². The highest BCUT2D eigenvalue weighted by Gasteiger charge is 2.10. The number of carbonyl (C=O) groups excluding carboxylic acids is 1.